The molecule has 2 heterocycles. The highest BCUT2D eigenvalue weighted by atomic mass is 16.4. The van der Waals surface area contributed by atoms with Crippen LogP contribution in [0.4, 0.5) is 5.82 Å². The summed E-state index contributed by atoms with van der Waals surface area (Å²) in [5, 5.41) is 11.7. The van der Waals surface area contributed by atoms with Crippen molar-refractivity contribution in [2.24, 2.45) is 0 Å². The summed E-state index contributed by atoms with van der Waals surface area (Å²) in [5.74, 6) is 1.75. The van der Waals surface area contributed by atoms with Crippen LogP contribution in [0.5, 0.6) is 0 Å². The van der Waals surface area contributed by atoms with Gasteiger partial charge < -0.3 is 15.3 Å². The predicted octanol–water partition coefficient (Wildman–Crippen LogP) is 0.498. The molecular formula is C14H15N3O3. The number of hydrogen-bond donors (Lipinski definition) is 2. The summed E-state index contributed by atoms with van der Waals surface area (Å²) in [6, 6.07) is 2.74. The predicted molar refractivity (Wildman–Crippen MR) is 73.4 cm³/mol. The number of aromatic nitrogens is 1. The number of aliphatic carboxylic acids is 1. The van der Waals surface area contributed by atoms with Gasteiger partial charge in [0, 0.05) is 12.7 Å². The van der Waals surface area contributed by atoms with Crippen LogP contribution in [-0.2, 0) is 4.79 Å². The molecule has 1 unspecified atom stereocenters. The minimum atomic E-state index is -0.847. The molecule has 0 bridgehead atoms. The van der Waals surface area contributed by atoms with Gasteiger partial charge in [-0.3, -0.25) is 4.79 Å². The Balaban J connectivity index is 2.10. The van der Waals surface area contributed by atoms with Gasteiger partial charge in [0.15, 0.2) is 0 Å². The van der Waals surface area contributed by atoms with Crippen LogP contribution in [0.1, 0.15) is 23.2 Å². The second-order valence-corrected chi connectivity index (χ2v) is 4.48. The van der Waals surface area contributed by atoms with Gasteiger partial charge in [-0.05, 0) is 25.0 Å². The minimum Gasteiger partial charge on any atom is -0.480 e. The lowest BCUT2D eigenvalue weighted by Crippen LogP contribution is -2.36. The first-order chi connectivity index (χ1) is 9.63. The smallest absolute Gasteiger partial charge is 0.326 e. The zero-order valence-electron chi connectivity index (χ0n) is 10.9. The molecule has 104 valence electrons. The highest BCUT2D eigenvalue weighted by molar-refractivity contribution is 5.94. The van der Waals surface area contributed by atoms with Crippen molar-refractivity contribution >= 4 is 17.7 Å². The van der Waals surface area contributed by atoms with E-state index < -0.39 is 12.0 Å². The van der Waals surface area contributed by atoms with Gasteiger partial charge in [-0.25, -0.2) is 9.78 Å². The van der Waals surface area contributed by atoms with E-state index in [-0.39, 0.29) is 12.5 Å². The van der Waals surface area contributed by atoms with Crippen LogP contribution in [0, 0.1) is 12.3 Å². The molecule has 0 radical (unpaired) electrons. The molecule has 0 aliphatic carbocycles. The van der Waals surface area contributed by atoms with E-state index >= 15 is 0 Å². The normalized spacial score (nSPS) is 17.6. The van der Waals surface area contributed by atoms with Crippen molar-refractivity contribution in [1.82, 2.24) is 10.3 Å². The Labute approximate surface area is 116 Å². The minimum absolute atomic E-state index is 0.161. The number of pyridine rings is 1. The van der Waals surface area contributed by atoms with Crippen molar-refractivity contribution < 1.29 is 14.7 Å². The first-order valence-corrected chi connectivity index (χ1v) is 6.30. The van der Waals surface area contributed by atoms with Crippen molar-refractivity contribution in [3.05, 3.63) is 23.9 Å². The standard InChI is InChI=1S/C14H15N3O3/c1-2-7-15-13(18)10-5-6-12(16-9-10)17-8-3-4-11(17)14(19)20/h1,5-6,9,11H,3-4,7-8H2,(H,15,18)(H,19,20). The summed E-state index contributed by atoms with van der Waals surface area (Å²) >= 11 is 0. The number of carbonyl (C=O) groups excluding carboxylic acids is 1. The van der Waals surface area contributed by atoms with Crippen molar-refractivity contribution in [3.8, 4) is 12.3 Å². The molecule has 0 aromatic carbocycles. The largest absolute Gasteiger partial charge is 0.480 e. The molecule has 1 amide bonds. The lowest BCUT2D eigenvalue weighted by atomic mass is 10.2. The number of terminal acetylenes is 1. The van der Waals surface area contributed by atoms with Gasteiger partial charge >= 0.3 is 5.97 Å². The molecule has 1 fully saturated rings. The lowest BCUT2D eigenvalue weighted by molar-refractivity contribution is -0.138. The van der Waals surface area contributed by atoms with Crippen molar-refractivity contribution in [3.63, 3.8) is 0 Å². The summed E-state index contributed by atoms with van der Waals surface area (Å²) in [4.78, 5) is 28.7. The second-order valence-electron chi connectivity index (χ2n) is 4.48. The van der Waals surface area contributed by atoms with Crippen molar-refractivity contribution in [1.29, 1.82) is 0 Å². The number of carboxylic acid groups (broad SMARTS) is 1. The highest BCUT2D eigenvalue weighted by Gasteiger charge is 2.31. The maximum atomic E-state index is 11.7. The van der Waals surface area contributed by atoms with E-state index in [0.29, 0.717) is 24.3 Å². The third-order valence-electron chi connectivity index (χ3n) is 3.19. The van der Waals surface area contributed by atoms with Crippen LogP contribution in [-0.4, -0.2) is 41.1 Å². The van der Waals surface area contributed by atoms with Gasteiger partial charge in [-0.15, -0.1) is 6.42 Å². The van der Waals surface area contributed by atoms with E-state index in [2.05, 4.69) is 16.2 Å². The molecule has 20 heavy (non-hydrogen) atoms. The molecule has 0 saturated carbocycles. The van der Waals surface area contributed by atoms with Gasteiger partial charge in [0.2, 0.25) is 0 Å². The number of anilines is 1. The lowest BCUT2D eigenvalue weighted by Gasteiger charge is -2.22. The maximum absolute atomic E-state index is 11.7. The summed E-state index contributed by atoms with van der Waals surface area (Å²) < 4.78 is 0. The number of amides is 1. The van der Waals surface area contributed by atoms with Crippen LogP contribution in [0.15, 0.2) is 18.3 Å². The van der Waals surface area contributed by atoms with E-state index in [4.69, 9.17) is 11.5 Å². The molecule has 1 aromatic heterocycles. The Morgan fingerprint density at radius 3 is 2.95 bits per heavy atom. The zero-order valence-corrected chi connectivity index (χ0v) is 10.9. The van der Waals surface area contributed by atoms with E-state index in [0.717, 1.165) is 6.42 Å². The van der Waals surface area contributed by atoms with Gasteiger partial charge in [0.1, 0.15) is 11.9 Å². The quantitative estimate of drug-likeness (QED) is 0.781. The third kappa shape index (κ3) is 2.88. The van der Waals surface area contributed by atoms with Crippen molar-refractivity contribution in [2.45, 2.75) is 18.9 Å². The second kappa shape index (κ2) is 6.06. The monoisotopic (exact) mass is 273 g/mol. The third-order valence-corrected chi connectivity index (χ3v) is 3.19. The van der Waals surface area contributed by atoms with Crippen LogP contribution in [0.2, 0.25) is 0 Å². The Kier molecular flexibility index (Phi) is 4.20. The molecule has 0 spiro atoms. The first kappa shape index (κ1) is 13.9. The molecule has 1 aliphatic heterocycles. The Hall–Kier alpha value is -2.55. The average Bonchev–Trinajstić information content (AvgIpc) is 2.94. The van der Waals surface area contributed by atoms with Crippen LogP contribution < -0.4 is 10.2 Å². The van der Waals surface area contributed by atoms with E-state index in [1.807, 2.05) is 0 Å². The molecule has 1 saturated heterocycles. The number of nitrogens with zero attached hydrogens (tertiary/aromatic N) is 2. The maximum Gasteiger partial charge on any atom is 0.326 e. The highest BCUT2D eigenvalue weighted by Crippen LogP contribution is 2.23. The van der Waals surface area contributed by atoms with Crippen LogP contribution in [0.3, 0.4) is 0 Å². The molecule has 1 aliphatic rings. The molecular weight excluding hydrogens is 258 g/mol. The summed E-state index contributed by atoms with van der Waals surface area (Å²) in [6.07, 6.45) is 7.93. The fourth-order valence-corrected chi connectivity index (χ4v) is 2.22. The number of carbonyl (C=O) groups is 2. The number of rotatable bonds is 4. The number of carboxylic acids is 1. The molecule has 6 heteroatoms. The average molecular weight is 273 g/mol. The van der Waals surface area contributed by atoms with E-state index in [1.54, 1.807) is 17.0 Å². The summed E-state index contributed by atoms with van der Waals surface area (Å²) in [7, 11) is 0. The zero-order chi connectivity index (χ0) is 14.5. The first-order valence-electron chi connectivity index (χ1n) is 6.30. The molecule has 1 aromatic rings. The molecule has 6 nitrogen and oxygen atoms in total. The Morgan fingerprint density at radius 2 is 2.35 bits per heavy atom. The molecule has 2 N–H and O–H groups in total. The SMILES string of the molecule is C#CCNC(=O)c1ccc(N2CCCC2C(=O)O)nc1. The van der Waals surface area contributed by atoms with E-state index in [9.17, 15) is 9.59 Å². The van der Waals surface area contributed by atoms with Gasteiger partial charge in [-0.2, -0.15) is 0 Å². The molecule has 1 atom stereocenters. The fraction of sp³-hybridized carbons (Fsp3) is 0.357. The van der Waals surface area contributed by atoms with Crippen LogP contribution in [0.25, 0.3) is 0 Å². The van der Waals surface area contributed by atoms with E-state index in [1.165, 1.54) is 6.20 Å². The van der Waals surface area contributed by atoms with Gasteiger partial charge in [-0.1, -0.05) is 5.92 Å². The summed E-state index contributed by atoms with van der Waals surface area (Å²) in [5.41, 5.74) is 0.398. The fourth-order valence-electron chi connectivity index (χ4n) is 2.22. The van der Waals surface area contributed by atoms with Crippen molar-refractivity contribution in [2.75, 3.05) is 18.0 Å². The number of nitrogens with one attached hydrogen (secondary N) is 1. The molecule has 2 rings (SSSR count). The van der Waals surface area contributed by atoms with Gasteiger partial charge in [0.05, 0.1) is 12.1 Å². The number of hydrogen-bond acceptors (Lipinski definition) is 4. The summed E-state index contributed by atoms with van der Waals surface area (Å²) in [6.45, 7) is 0.820. The van der Waals surface area contributed by atoms with Gasteiger partial charge in [0.25, 0.3) is 5.91 Å². The topological polar surface area (TPSA) is 82.5 Å². The Morgan fingerprint density at radius 1 is 1.55 bits per heavy atom. The van der Waals surface area contributed by atoms with Crippen LogP contribution >= 0.6 is 0 Å². The Bertz CT molecular complexity index is 548.